The van der Waals surface area contributed by atoms with E-state index in [0.29, 0.717) is 0 Å². The Bertz CT molecular complexity index is 245. The van der Waals surface area contributed by atoms with Crippen molar-refractivity contribution in [3.05, 3.63) is 10.4 Å². The Labute approximate surface area is 78.4 Å². The van der Waals surface area contributed by atoms with Crippen LogP contribution in [0.2, 0.25) is 0 Å². The largest absolute Gasteiger partial charge is 0.394 e. The Morgan fingerprint density at radius 2 is 2.07 bits per heavy atom. The molecule has 0 amide bonds. The molecule has 7 nitrogen and oxygen atoms in total. The second kappa shape index (κ2) is 4.54. The zero-order valence-electron chi connectivity index (χ0n) is 7.06. The Kier molecular flexibility index (Phi) is 3.62. The standard InChI is InChI=1S/C6H10FN3O4/c7-3-5(13)4(12)2(1-11)14-6(3)9-10-8/h2-6,11-13H,1H2/t2-,3+,4-,5-,6-/m1/s1. The van der Waals surface area contributed by atoms with Crippen molar-refractivity contribution in [3.8, 4) is 0 Å². The van der Waals surface area contributed by atoms with Gasteiger partial charge in [0.15, 0.2) is 12.4 Å². The first-order valence-corrected chi connectivity index (χ1v) is 3.92. The molecule has 0 aromatic carbocycles. The maximum atomic E-state index is 13.1. The summed E-state index contributed by atoms with van der Waals surface area (Å²) >= 11 is 0. The van der Waals surface area contributed by atoms with Crippen molar-refractivity contribution < 1.29 is 24.4 Å². The Morgan fingerprint density at radius 3 is 2.57 bits per heavy atom. The van der Waals surface area contributed by atoms with Crippen LogP contribution in [0.25, 0.3) is 10.4 Å². The van der Waals surface area contributed by atoms with Crippen LogP contribution in [0.4, 0.5) is 4.39 Å². The van der Waals surface area contributed by atoms with Crippen molar-refractivity contribution in [2.24, 2.45) is 5.11 Å². The fourth-order valence-corrected chi connectivity index (χ4v) is 1.20. The summed E-state index contributed by atoms with van der Waals surface area (Å²) in [6, 6.07) is 0. The summed E-state index contributed by atoms with van der Waals surface area (Å²) in [6.07, 6.45) is -7.91. The van der Waals surface area contributed by atoms with Gasteiger partial charge < -0.3 is 20.1 Å². The zero-order valence-corrected chi connectivity index (χ0v) is 7.06. The van der Waals surface area contributed by atoms with Gasteiger partial charge in [-0.3, -0.25) is 0 Å². The van der Waals surface area contributed by atoms with E-state index in [0.717, 1.165) is 0 Å². The van der Waals surface area contributed by atoms with E-state index in [1.54, 1.807) is 0 Å². The molecule has 80 valence electrons. The van der Waals surface area contributed by atoms with Crippen LogP contribution in [0.15, 0.2) is 5.11 Å². The highest BCUT2D eigenvalue weighted by Gasteiger charge is 2.44. The molecule has 1 fully saturated rings. The summed E-state index contributed by atoms with van der Waals surface area (Å²) in [5, 5.41) is 30.0. The first-order valence-electron chi connectivity index (χ1n) is 3.92. The smallest absolute Gasteiger partial charge is 0.170 e. The molecule has 1 aliphatic rings. The molecule has 0 aliphatic carbocycles. The van der Waals surface area contributed by atoms with Gasteiger partial charge in [0.2, 0.25) is 0 Å². The lowest BCUT2D eigenvalue weighted by molar-refractivity contribution is -0.210. The number of alkyl halides is 1. The average Bonchev–Trinajstić information content (AvgIpc) is 2.19. The van der Waals surface area contributed by atoms with Crippen LogP contribution in [0.5, 0.6) is 0 Å². The molecule has 14 heavy (non-hydrogen) atoms. The van der Waals surface area contributed by atoms with Crippen molar-refractivity contribution in [1.82, 2.24) is 0 Å². The van der Waals surface area contributed by atoms with Gasteiger partial charge in [0, 0.05) is 4.91 Å². The van der Waals surface area contributed by atoms with Crippen molar-refractivity contribution in [1.29, 1.82) is 0 Å². The van der Waals surface area contributed by atoms with Gasteiger partial charge in [-0.2, -0.15) is 0 Å². The molecule has 0 spiro atoms. The minimum absolute atomic E-state index is 0.595. The molecule has 0 aromatic rings. The quantitative estimate of drug-likeness (QED) is 0.308. The van der Waals surface area contributed by atoms with E-state index >= 15 is 0 Å². The van der Waals surface area contributed by atoms with Crippen LogP contribution in [0.1, 0.15) is 0 Å². The molecule has 0 unspecified atom stereocenters. The number of hydrogen-bond acceptors (Lipinski definition) is 5. The van der Waals surface area contributed by atoms with Crippen molar-refractivity contribution in [3.63, 3.8) is 0 Å². The van der Waals surface area contributed by atoms with E-state index in [1.165, 1.54) is 0 Å². The van der Waals surface area contributed by atoms with Crippen LogP contribution in [-0.4, -0.2) is 52.6 Å². The van der Waals surface area contributed by atoms with Gasteiger partial charge >= 0.3 is 0 Å². The van der Waals surface area contributed by atoms with Crippen LogP contribution >= 0.6 is 0 Å². The number of hydrogen-bond donors (Lipinski definition) is 3. The normalized spacial score (nSPS) is 43.0. The Balaban J connectivity index is 2.77. The number of aliphatic hydroxyl groups is 3. The van der Waals surface area contributed by atoms with E-state index in [1.807, 2.05) is 0 Å². The average molecular weight is 207 g/mol. The second-order valence-electron chi connectivity index (χ2n) is 2.88. The molecule has 1 aliphatic heterocycles. The maximum Gasteiger partial charge on any atom is 0.170 e. The third-order valence-corrected chi connectivity index (χ3v) is 1.99. The molecule has 3 N–H and O–H groups in total. The third kappa shape index (κ3) is 1.94. The lowest BCUT2D eigenvalue weighted by Crippen LogP contribution is -2.56. The molecule has 1 saturated heterocycles. The van der Waals surface area contributed by atoms with Gasteiger partial charge in [0.25, 0.3) is 0 Å². The lowest BCUT2D eigenvalue weighted by Gasteiger charge is -2.36. The number of azide groups is 1. The molecule has 8 heteroatoms. The number of ether oxygens (including phenoxy) is 1. The van der Waals surface area contributed by atoms with Gasteiger partial charge in [-0.05, 0) is 5.53 Å². The minimum atomic E-state index is -2.00. The topological polar surface area (TPSA) is 119 Å². The van der Waals surface area contributed by atoms with Gasteiger partial charge in [0.1, 0.15) is 18.3 Å². The minimum Gasteiger partial charge on any atom is -0.394 e. The molecular formula is C6H10FN3O4. The van der Waals surface area contributed by atoms with Crippen LogP contribution < -0.4 is 0 Å². The van der Waals surface area contributed by atoms with Crippen LogP contribution in [-0.2, 0) is 4.74 Å². The van der Waals surface area contributed by atoms with Gasteiger partial charge in [-0.15, -0.1) is 0 Å². The number of halogens is 1. The van der Waals surface area contributed by atoms with Gasteiger partial charge in [0.05, 0.1) is 6.61 Å². The first-order chi connectivity index (χ1) is 6.61. The van der Waals surface area contributed by atoms with E-state index in [4.69, 9.17) is 20.5 Å². The summed E-state index contributed by atoms with van der Waals surface area (Å²) in [5.74, 6) is 0. The monoisotopic (exact) mass is 207 g/mol. The summed E-state index contributed by atoms with van der Waals surface area (Å²) in [4.78, 5) is 2.32. The van der Waals surface area contributed by atoms with Crippen LogP contribution in [0, 0.1) is 0 Å². The van der Waals surface area contributed by atoms with Crippen molar-refractivity contribution >= 4 is 0 Å². The van der Waals surface area contributed by atoms with E-state index in [2.05, 4.69) is 10.0 Å². The van der Waals surface area contributed by atoms with E-state index in [-0.39, 0.29) is 0 Å². The molecule has 1 rings (SSSR count). The predicted octanol–water partition coefficient (Wildman–Crippen LogP) is -0.926. The Morgan fingerprint density at radius 1 is 1.43 bits per heavy atom. The molecule has 0 aromatic heterocycles. The van der Waals surface area contributed by atoms with Gasteiger partial charge in [-0.1, -0.05) is 5.11 Å². The van der Waals surface area contributed by atoms with Gasteiger partial charge in [-0.25, -0.2) is 4.39 Å². The number of aliphatic hydroxyl groups excluding tert-OH is 3. The highest BCUT2D eigenvalue weighted by Crippen LogP contribution is 2.24. The fraction of sp³-hybridized carbons (Fsp3) is 1.00. The first kappa shape index (κ1) is 11.2. The highest BCUT2D eigenvalue weighted by molar-refractivity contribution is 4.91. The summed E-state index contributed by atoms with van der Waals surface area (Å²) in [7, 11) is 0. The summed E-state index contributed by atoms with van der Waals surface area (Å²) in [6.45, 7) is -0.595. The highest BCUT2D eigenvalue weighted by atomic mass is 19.1. The zero-order chi connectivity index (χ0) is 10.7. The molecular weight excluding hydrogens is 197 g/mol. The molecule has 5 atom stereocenters. The molecule has 0 saturated carbocycles. The van der Waals surface area contributed by atoms with E-state index < -0.39 is 37.3 Å². The summed E-state index contributed by atoms with van der Waals surface area (Å²) < 4.78 is 17.8. The third-order valence-electron chi connectivity index (χ3n) is 1.99. The number of nitrogens with zero attached hydrogens (tertiary/aromatic N) is 3. The molecule has 1 heterocycles. The Hall–Kier alpha value is -0.920. The van der Waals surface area contributed by atoms with E-state index in [9.17, 15) is 9.50 Å². The SMILES string of the molecule is [N-]=[N+]=N[C@@H]1O[C@H](CO)[C@@H](O)[C@H](O)[C@@H]1F. The van der Waals surface area contributed by atoms with Crippen LogP contribution in [0.3, 0.4) is 0 Å². The second-order valence-corrected chi connectivity index (χ2v) is 2.88. The number of rotatable bonds is 2. The fourth-order valence-electron chi connectivity index (χ4n) is 1.20. The summed E-state index contributed by atoms with van der Waals surface area (Å²) in [5.41, 5.74) is 8.05. The lowest BCUT2D eigenvalue weighted by atomic mass is 10.00. The van der Waals surface area contributed by atoms with Crippen molar-refractivity contribution in [2.45, 2.75) is 30.7 Å². The predicted molar refractivity (Wildman–Crippen MR) is 41.8 cm³/mol. The maximum absolute atomic E-state index is 13.1. The molecule has 0 bridgehead atoms. The van der Waals surface area contributed by atoms with Crippen molar-refractivity contribution in [2.75, 3.05) is 6.61 Å². The molecule has 0 radical (unpaired) electrons.